The number of ether oxygens (including phenoxy) is 3. The highest BCUT2D eigenvalue weighted by atomic mass is 16.7. The predicted molar refractivity (Wildman–Crippen MR) is 97.0 cm³/mol. The van der Waals surface area contributed by atoms with Crippen LogP contribution in [0.15, 0.2) is 48.5 Å². The van der Waals surface area contributed by atoms with Gasteiger partial charge >= 0.3 is 5.97 Å². The van der Waals surface area contributed by atoms with E-state index in [1.54, 1.807) is 12.1 Å². The molecule has 140 valence electrons. The van der Waals surface area contributed by atoms with Crippen molar-refractivity contribution < 1.29 is 23.8 Å². The molecule has 4 rings (SSSR count). The lowest BCUT2D eigenvalue weighted by molar-refractivity contribution is -0.158. The van der Waals surface area contributed by atoms with E-state index in [1.165, 1.54) is 0 Å². The number of rotatable bonds is 6. The standard InChI is InChI=1S/C21H21NO5/c1-13-9-16(13)21(24)27-19(15-5-3-2-4-6-15)20(23)22-11-14-7-8-17-18(10-14)26-12-25-17/h2-8,10,13,16,19H,9,11-12H2,1H3,(H,22,23)/t13-,16-,19-/m1/s1. The minimum Gasteiger partial charge on any atom is -0.454 e. The Morgan fingerprint density at radius 1 is 1.15 bits per heavy atom. The largest absolute Gasteiger partial charge is 0.454 e. The van der Waals surface area contributed by atoms with Crippen LogP contribution in [0.1, 0.15) is 30.6 Å². The average Bonchev–Trinajstić information content (AvgIpc) is 3.24. The molecule has 1 fully saturated rings. The number of fused-ring (bicyclic) bond motifs is 1. The molecule has 1 aliphatic carbocycles. The van der Waals surface area contributed by atoms with Gasteiger partial charge in [0.1, 0.15) is 0 Å². The van der Waals surface area contributed by atoms with Gasteiger partial charge in [-0.05, 0) is 30.0 Å². The van der Waals surface area contributed by atoms with E-state index in [9.17, 15) is 9.59 Å². The van der Waals surface area contributed by atoms with E-state index < -0.39 is 6.10 Å². The maximum Gasteiger partial charge on any atom is 0.310 e. The fourth-order valence-electron chi connectivity index (χ4n) is 3.09. The molecule has 0 spiro atoms. The molecule has 3 atom stereocenters. The van der Waals surface area contributed by atoms with Crippen LogP contribution in [-0.2, 0) is 20.9 Å². The van der Waals surface area contributed by atoms with Crippen molar-refractivity contribution in [3.05, 3.63) is 59.7 Å². The monoisotopic (exact) mass is 367 g/mol. The number of benzene rings is 2. The summed E-state index contributed by atoms with van der Waals surface area (Å²) in [6.45, 7) is 2.51. The zero-order chi connectivity index (χ0) is 18.8. The maximum absolute atomic E-state index is 12.8. The van der Waals surface area contributed by atoms with Crippen molar-refractivity contribution in [3.8, 4) is 11.5 Å². The Kier molecular flexibility index (Phi) is 4.71. The summed E-state index contributed by atoms with van der Waals surface area (Å²) in [7, 11) is 0. The highest BCUT2D eigenvalue weighted by molar-refractivity contribution is 5.86. The SMILES string of the molecule is C[C@@H]1C[C@H]1C(=O)O[C@@H](C(=O)NCc1ccc2c(c1)OCO2)c1ccccc1. The van der Waals surface area contributed by atoms with E-state index in [2.05, 4.69) is 5.32 Å². The first kappa shape index (κ1) is 17.4. The molecule has 27 heavy (non-hydrogen) atoms. The van der Waals surface area contributed by atoms with Crippen molar-refractivity contribution >= 4 is 11.9 Å². The summed E-state index contributed by atoms with van der Waals surface area (Å²) in [5.74, 6) is 0.925. The van der Waals surface area contributed by atoms with E-state index in [4.69, 9.17) is 14.2 Å². The number of esters is 1. The average molecular weight is 367 g/mol. The number of amides is 1. The molecule has 1 aliphatic heterocycles. The van der Waals surface area contributed by atoms with Gasteiger partial charge in [-0.25, -0.2) is 0 Å². The summed E-state index contributed by atoms with van der Waals surface area (Å²) in [6, 6.07) is 14.6. The third kappa shape index (κ3) is 3.89. The molecule has 0 radical (unpaired) electrons. The van der Waals surface area contributed by atoms with Gasteiger partial charge in [0, 0.05) is 12.1 Å². The molecular formula is C21H21NO5. The van der Waals surface area contributed by atoms with Crippen molar-refractivity contribution in [2.24, 2.45) is 11.8 Å². The fourth-order valence-corrected chi connectivity index (χ4v) is 3.09. The van der Waals surface area contributed by atoms with Gasteiger partial charge < -0.3 is 19.5 Å². The number of carbonyl (C=O) groups excluding carboxylic acids is 2. The Balaban J connectivity index is 1.44. The lowest BCUT2D eigenvalue weighted by Gasteiger charge is -2.18. The Hall–Kier alpha value is -3.02. The highest BCUT2D eigenvalue weighted by Gasteiger charge is 2.42. The van der Waals surface area contributed by atoms with Gasteiger partial charge in [-0.1, -0.05) is 43.3 Å². The fraction of sp³-hybridized carbons (Fsp3) is 0.333. The number of hydrogen-bond acceptors (Lipinski definition) is 5. The maximum atomic E-state index is 12.8. The van der Waals surface area contributed by atoms with Crippen LogP contribution < -0.4 is 14.8 Å². The summed E-state index contributed by atoms with van der Waals surface area (Å²) < 4.78 is 16.2. The smallest absolute Gasteiger partial charge is 0.310 e. The second kappa shape index (κ2) is 7.31. The molecule has 2 aromatic rings. The quantitative estimate of drug-likeness (QED) is 0.795. The number of hydrogen-bond donors (Lipinski definition) is 1. The predicted octanol–water partition coefficient (Wildman–Crippen LogP) is 2.97. The zero-order valence-corrected chi connectivity index (χ0v) is 15.0. The molecule has 2 aromatic carbocycles. The zero-order valence-electron chi connectivity index (χ0n) is 15.0. The summed E-state index contributed by atoms with van der Waals surface area (Å²) in [6.07, 6.45) is -0.139. The Bertz CT molecular complexity index is 851. The first-order valence-electron chi connectivity index (χ1n) is 9.03. The minimum atomic E-state index is -0.958. The molecule has 0 unspecified atom stereocenters. The third-order valence-electron chi connectivity index (χ3n) is 4.89. The molecule has 0 aromatic heterocycles. The second-order valence-electron chi connectivity index (χ2n) is 6.95. The first-order chi connectivity index (χ1) is 13.1. The Labute approximate surface area is 157 Å². The normalized spacial score (nSPS) is 20.6. The molecular weight excluding hydrogens is 346 g/mol. The molecule has 1 heterocycles. The van der Waals surface area contributed by atoms with E-state index in [0.29, 0.717) is 29.5 Å². The van der Waals surface area contributed by atoms with Crippen LogP contribution in [0.5, 0.6) is 11.5 Å². The second-order valence-corrected chi connectivity index (χ2v) is 6.95. The van der Waals surface area contributed by atoms with Crippen molar-refractivity contribution in [1.29, 1.82) is 0 Å². The minimum absolute atomic E-state index is 0.0992. The topological polar surface area (TPSA) is 73.9 Å². The first-order valence-corrected chi connectivity index (χ1v) is 9.03. The Morgan fingerprint density at radius 2 is 1.89 bits per heavy atom. The molecule has 6 nitrogen and oxygen atoms in total. The molecule has 0 bridgehead atoms. The van der Waals surface area contributed by atoms with Crippen molar-refractivity contribution in [3.63, 3.8) is 0 Å². The summed E-state index contributed by atoms with van der Waals surface area (Å²) in [5.41, 5.74) is 1.53. The van der Waals surface area contributed by atoms with Gasteiger partial charge in [-0.15, -0.1) is 0 Å². The summed E-state index contributed by atoms with van der Waals surface area (Å²) in [4.78, 5) is 25.0. The lowest BCUT2D eigenvalue weighted by atomic mass is 10.1. The van der Waals surface area contributed by atoms with Crippen LogP contribution in [0.4, 0.5) is 0 Å². The van der Waals surface area contributed by atoms with E-state index >= 15 is 0 Å². The van der Waals surface area contributed by atoms with Gasteiger partial charge in [0.15, 0.2) is 11.5 Å². The number of carbonyl (C=O) groups is 2. The van der Waals surface area contributed by atoms with Crippen LogP contribution in [0.3, 0.4) is 0 Å². The Morgan fingerprint density at radius 3 is 2.63 bits per heavy atom. The van der Waals surface area contributed by atoms with Crippen LogP contribution in [0.25, 0.3) is 0 Å². The van der Waals surface area contributed by atoms with Crippen molar-refractivity contribution in [2.45, 2.75) is 26.0 Å². The third-order valence-corrected chi connectivity index (χ3v) is 4.89. The van der Waals surface area contributed by atoms with Gasteiger partial charge in [0.2, 0.25) is 12.9 Å². The molecule has 1 amide bonds. The van der Waals surface area contributed by atoms with Gasteiger partial charge in [-0.2, -0.15) is 0 Å². The molecule has 1 saturated carbocycles. The van der Waals surface area contributed by atoms with Gasteiger partial charge in [0.25, 0.3) is 5.91 Å². The van der Waals surface area contributed by atoms with E-state index in [1.807, 2.05) is 43.3 Å². The lowest BCUT2D eigenvalue weighted by Crippen LogP contribution is -2.32. The number of nitrogens with one attached hydrogen (secondary N) is 1. The molecule has 2 aliphatic rings. The summed E-state index contributed by atoms with van der Waals surface area (Å²) in [5, 5.41) is 2.85. The molecule has 0 saturated heterocycles. The van der Waals surface area contributed by atoms with E-state index in [-0.39, 0.29) is 24.6 Å². The molecule has 6 heteroatoms. The van der Waals surface area contributed by atoms with E-state index in [0.717, 1.165) is 12.0 Å². The van der Waals surface area contributed by atoms with Crippen LogP contribution in [-0.4, -0.2) is 18.7 Å². The van der Waals surface area contributed by atoms with Crippen LogP contribution in [0.2, 0.25) is 0 Å². The highest BCUT2D eigenvalue weighted by Crippen LogP contribution is 2.39. The molecule has 1 N–H and O–H groups in total. The van der Waals surface area contributed by atoms with Crippen molar-refractivity contribution in [2.75, 3.05) is 6.79 Å². The van der Waals surface area contributed by atoms with Crippen LogP contribution >= 0.6 is 0 Å². The van der Waals surface area contributed by atoms with Gasteiger partial charge in [0.05, 0.1) is 5.92 Å². The van der Waals surface area contributed by atoms with Crippen molar-refractivity contribution in [1.82, 2.24) is 5.32 Å². The summed E-state index contributed by atoms with van der Waals surface area (Å²) >= 11 is 0. The van der Waals surface area contributed by atoms with Gasteiger partial charge in [-0.3, -0.25) is 9.59 Å². The van der Waals surface area contributed by atoms with Crippen LogP contribution in [0, 0.1) is 11.8 Å².